The van der Waals surface area contributed by atoms with Crippen LogP contribution in [0.1, 0.15) is 51.9 Å². The van der Waals surface area contributed by atoms with Crippen LogP contribution < -0.4 is 5.73 Å². The molecule has 1 unspecified atom stereocenters. The molecule has 1 fully saturated rings. The number of ether oxygens (including phenoxy) is 1. The summed E-state index contributed by atoms with van der Waals surface area (Å²) in [5.74, 6) is 0.837. The largest absolute Gasteiger partial charge is 0.378 e. The highest BCUT2D eigenvalue weighted by Gasteiger charge is 2.14. The number of hydrogen-bond donors (Lipinski definition) is 1. The molecular formula is C12H25NO. The van der Waals surface area contributed by atoms with Gasteiger partial charge in [-0.15, -0.1) is 0 Å². The van der Waals surface area contributed by atoms with Crippen molar-refractivity contribution in [3.05, 3.63) is 0 Å². The van der Waals surface area contributed by atoms with Gasteiger partial charge in [0.05, 0.1) is 6.10 Å². The van der Waals surface area contributed by atoms with Crippen molar-refractivity contribution in [3.63, 3.8) is 0 Å². The van der Waals surface area contributed by atoms with Gasteiger partial charge in [0, 0.05) is 6.61 Å². The second-order valence-electron chi connectivity index (χ2n) is 4.58. The molecule has 1 aliphatic rings. The Morgan fingerprint density at radius 2 is 2.00 bits per heavy atom. The average Bonchev–Trinajstić information content (AvgIpc) is 2.25. The molecule has 1 saturated carbocycles. The van der Waals surface area contributed by atoms with E-state index in [9.17, 15) is 0 Å². The van der Waals surface area contributed by atoms with Gasteiger partial charge >= 0.3 is 0 Å². The number of rotatable bonds is 6. The first-order valence-electron chi connectivity index (χ1n) is 6.14. The lowest BCUT2D eigenvalue weighted by molar-refractivity contribution is 0.0260. The van der Waals surface area contributed by atoms with Gasteiger partial charge in [0.15, 0.2) is 0 Å². The summed E-state index contributed by atoms with van der Waals surface area (Å²) in [7, 11) is 0. The predicted molar refractivity (Wildman–Crippen MR) is 60.3 cm³/mol. The summed E-state index contributed by atoms with van der Waals surface area (Å²) in [5.41, 5.74) is 5.46. The molecular weight excluding hydrogens is 174 g/mol. The molecule has 0 saturated heterocycles. The Kier molecular flexibility index (Phi) is 6.20. The molecule has 0 amide bonds. The second kappa shape index (κ2) is 7.24. The summed E-state index contributed by atoms with van der Waals surface area (Å²) < 4.78 is 5.83. The van der Waals surface area contributed by atoms with Crippen LogP contribution in [0.2, 0.25) is 0 Å². The van der Waals surface area contributed by atoms with E-state index in [2.05, 4.69) is 6.92 Å². The van der Waals surface area contributed by atoms with Crippen molar-refractivity contribution >= 4 is 0 Å². The Bertz CT molecular complexity index is 132. The zero-order chi connectivity index (χ0) is 10.2. The van der Waals surface area contributed by atoms with Crippen molar-refractivity contribution < 1.29 is 4.74 Å². The van der Waals surface area contributed by atoms with Crippen LogP contribution in [0.25, 0.3) is 0 Å². The van der Waals surface area contributed by atoms with Crippen LogP contribution in [0.5, 0.6) is 0 Å². The minimum atomic E-state index is 0.403. The molecule has 1 rings (SSSR count). The minimum absolute atomic E-state index is 0.403. The monoisotopic (exact) mass is 199 g/mol. The van der Waals surface area contributed by atoms with Crippen molar-refractivity contribution in [1.82, 2.24) is 0 Å². The van der Waals surface area contributed by atoms with Crippen LogP contribution in [-0.4, -0.2) is 19.3 Å². The van der Waals surface area contributed by atoms with E-state index in [0.717, 1.165) is 31.9 Å². The van der Waals surface area contributed by atoms with Gasteiger partial charge in [0.1, 0.15) is 0 Å². The first-order chi connectivity index (χ1) is 6.83. The first-order valence-corrected chi connectivity index (χ1v) is 6.14. The smallest absolute Gasteiger partial charge is 0.0547 e. The zero-order valence-corrected chi connectivity index (χ0v) is 9.50. The lowest BCUT2D eigenvalue weighted by atomic mass is 9.90. The predicted octanol–water partition coefficient (Wildman–Crippen LogP) is 2.71. The van der Waals surface area contributed by atoms with Crippen molar-refractivity contribution in [3.8, 4) is 0 Å². The maximum atomic E-state index is 5.83. The molecule has 1 atom stereocenters. The standard InChI is InChI=1S/C12H25NO/c1-11(6-5-9-13)14-10-12-7-3-2-4-8-12/h11-12H,2-10,13H2,1H3. The summed E-state index contributed by atoms with van der Waals surface area (Å²) >= 11 is 0. The molecule has 0 aromatic heterocycles. The lowest BCUT2D eigenvalue weighted by Crippen LogP contribution is -2.18. The van der Waals surface area contributed by atoms with E-state index < -0.39 is 0 Å². The fourth-order valence-electron chi connectivity index (χ4n) is 2.14. The van der Waals surface area contributed by atoms with Crippen molar-refractivity contribution in [1.29, 1.82) is 0 Å². The summed E-state index contributed by atoms with van der Waals surface area (Å²) in [5, 5.41) is 0. The molecule has 0 spiro atoms. The third-order valence-electron chi connectivity index (χ3n) is 3.16. The molecule has 1 aliphatic carbocycles. The van der Waals surface area contributed by atoms with Crippen LogP contribution in [0.4, 0.5) is 0 Å². The van der Waals surface area contributed by atoms with Crippen LogP contribution in [-0.2, 0) is 4.74 Å². The summed E-state index contributed by atoms with van der Waals surface area (Å²) in [6.07, 6.45) is 9.61. The maximum absolute atomic E-state index is 5.83. The fourth-order valence-corrected chi connectivity index (χ4v) is 2.14. The number of nitrogens with two attached hydrogens (primary N) is 1. The van der Waals surface area contributed by atoms with E-state index in [1.54, 1.807) is 0 Å². The van der Waals surface area contributed by atoms with Gasteiger partial charge in [-0.05, 0) is 45.1 Å². The van der Waals surface area contributed by atoms with Crippen LogP contribution >= 0.6 is 0 Å². The van der Waals surface area contributed by atoms with E-state index in [1.807, 2.05) is 0 Å². The molecule has 0 bridgehead atoms. The molecule has 84 valence electrons. The van der Waals surface area contributed by atoms with Crippen molar-refractivity contribution in [2.45, 2.75) is 58.0 Å². The summed E-state index contributed by atoms with van der Waals surface area (Å²) in [6, 6.07) is 0. The van der Waals surface area contributed by atoms with Gasteiger partial charge < -0.3 is 10.5 Å². The van der Waals surface area contributed by atoms with E-state index in [4.69, 9.17) is 10.5 Å². The molecule has 2 heteroatoms. The molecule has 0 heterocycles. The molecule has 0 aliphatic heterocycles. The Hall–Kier alpha value is -0.0800. The first kappa shape index (κ1) is 12.0. The van der Waals surface area contributed by atoms with Crippen LogP contribution in [0, 0.1) is 5.92 Å². The van der Waals surface area contributed by atoms with E-state index in [-0.39, 0.29) is 0 Å². The highest BCUT2D eigenvalue weighted by atomic mass is 16.5. The minimum Gasteiger partial charge on any atom is -0.378 e. The normalized spacial score (nSPS) is 21.0. The van der Waals surface area contributed by atoms with Crippen LogP contribution in [0.3, 0.4) is 0 Å². The Labute approximate surface area is 88.2 Å². The van der Waals surface area contributed by atoms with Crippen molar-refractivity contribution in [2.75, 3.05) is 13.2 Å². The topological polar surface area (TPSA) is 35.2 Å². The van der Waals surface area contributed by atoms with Crippen molar-refractivity contribution in [2.24, 2.45) is 11.7 Å². The van der Waals surface area contributed by atoms with E-state index >= 15 is 0 Å². The third-order valence-corrected chi connectivity index (χ3v) is 3.16. The van der Waals surface area contributed by atoms with Gasteiger partial charge in [-0.3, -0.25) is 0 Å². The zero-order valence-electron chi connectivity index (χ0n) is 9.50. The highest BCUT2D eigenvalue weighted by Crippen LogP contribution is 2.24. The Morgan fingerprint density at radius 3 is 2.64 bits per heavy atom. The quantitative estimate of drug-likeness (QED) is 0.714. The van der Waals surface area contributed by atoms with Gasteiger partial charge in [-0.1, -0.05) is 19.3 Å². The molecule has 0 radical (unpaired) electrons. The Balaban J connectivity index is 2.00. The third kappa shape index (κ3) is 4.97. The Morgan fingerprint density at radius 1 is 1.29 bits per heavy atom. The summed E-state index contributed by atoms with van der Waals surface area (Å²) in [6.45, 7) is 3.93. The highest BCUT2D eigenvalue weighted by molar-refractivity contribution is 4.65. The van der Waals surface area contributed by atoms with E-state index in [1.165, 1.54) is 32.1 Å². The fraction of sp³-hybridized carbons (Fsp3) is 1.00. The maximum Gasteiger partial charge on any atom is 0.0547 e. The SMILES string of the molecule is CC(CCCN)OCC1CCCCC1. The number of hydrogen-bond acceptors (Lipinski definition) is 2. The van der Waals surface area contributed by atoms with Gasteiger partial charge in [0.2, 0.25) is 0 Å². The van der Waals surface area contributed by atoms with Crippen LogP contribution in [0.15, 0.2) is 0 Å². The molecule has 2 N–H and O–H groups in total. The molecule has 0 aromatic carbocycles. The average molecular weight is 199 g/mol. The second-order valence-corrected chi connectivity index (χ2v) is 4.58. The molecule has 0 aromatic rings. The van der Waals surface area contributed by atoms with Gasteiger partial charge in [-0.25, -0.2) is 0 Å². The van der Waals surface area contributed by atoms with E-state index in [0.29, 0.717) is 6.10 Å². The van der Waals surface area contributed by atoms with Gasteiger partial charge in [-0.2, -0.15) is 0 Å². The molecule has 2 nitrogen and oxygen atoms in total. The van der Waals surface area contributed by atoms with Gasteiger partial charge in [0.25, 0.3) is 0 Å². The summed E-state index contributed by atoms with van der Waals surface area (Å²) in [4.78, 5) is 0. The molecule has 14 heavy (non-hydrogen) atoms. The lowest BCUT2D eigenvalue weighted by Gasteiger charge is -2.23.